The van der Waals surface area contributed by atoms with E-state index in [0.29, 0.717) is 12.5 Å². The van der Waals surface area contributed by atoms with Gasteiger partial charge in [0.2, 0.25) is 0 Å². The lowest BCUT2D eigenvalue weighted by atomic mass is 10.1. The van der Waals surface area contributed by atoms with Crippen molar-refractivity contribution >= 4 is 0 Å². The van der Waals surface area contributed by atoms with Crippen molar-refractivity contribution in [3.8, 4) is 5.75 Å². The Kier molecular flexibility index (Phi) is 5.10. The first kappa shape index (κ1) is 14.2. The highest BCUT2D eigenvalue weighted by molar-refractivity contribution is 5.33. The van der Waals surface area contributed by atoms with Gasteiger partial charge in [-0.15, -0.1) is 0 Å². The third-order valence-electron chi connectivity index (χ3n) is 3.43. The largest absolute Gasteiger partial charge is 0.434 e. The Hall–Kier alpha value is -1.20. The molecule has 0 aliphatic carbocycles. The maximum Gasteiger partial charge on any atom is 0.387 e. The van der Waals surface area contributed by atoms with Crippen LogP contribution >= 0.6 is 0 Å². The topological polar surface area (TPSA) is 24.5 Å². The van der Waals surface area contributed by atoms with Crippen molar-refractivity contribution in [3.63, 3.8) is 0 Å². The molecule has 1 atom stereocenters. The number of likely N-dealkylation sites (tertiary alicyclic amines) is 1. The van der Waals surface area contributed by atoms with Gasteiger partial charge >= 0.3 is 6.61 Å². The fourth-order valence-corrected chi connectivity index (χ4v) is 2.46. The molecule has 19 heavy (non-hydrogen) atoms. The molecule has 0 spiro atoms. The molecule has 1 saturated heterocycles. The zero-order valence-electron chi connectivity index (χ0n) is 11.1. The quantitative estimate of drug-likeness (QED) is 0.858. The van der Waals surface area contributed by atoms with Gasteiger partial charge in [-0.05, 0) is 38.5 Å². The summed E-state index contributed by atoms with van der Waals surface area (Å²) >= 11 is 0. The number of rotatable bonds is 6. The Morgan fingerprint density at radius 1 is 1.42 bits per heavy atom. The van der Waals surface area contributed by atoms with Crippen molar-refractivity contribution in [2.75, 3.05) is 26.7 Å². The van der Waals surface area contributed by atoms with Crippen LogP contribution in [0.25, 0.3) is 0 Å². The Morgan fingerprint density at radius 2 is 2.21 bits per heavy atom. The molecule has 1 aromatic carbocycles. The van der Waals surface area contributed by atoms with Gasteiger partial charge in [0.25, 0.3) is 0 Å². The third-order valence-corrected chi connectivity index (χ3v) is 3.43. The lowest BCUT2D eigenvalue weighted by Crippen LogP contribution is -2.25. The van der Waals surface area contributed by atoms with Crippen LogP contribution < -0.4 is 10.1 Å². The van der Waals surface area contributed by atoms with Crippen LogP contribution in [0.1, 0.15) is 12.0 Å². The molecular weight excluding hydrogens is 250 g/mol. The Balaban J connectivity index is 1.82. The molecule has 1 N–H and O–H groups in total. The second kappa shape index (κ2) is 6.82. The predicted molar refractivity (Wildman–Crippen MR) is 70.4 cm³/mol. The summed E-state index contributed by atoms with van der Waals surface area (Å²) in [5.41, 5.74) is 0.772. The van der Waals surface area contributed by atoms with Gasteiger partial charge in [0.15, 0.2) is 0 Å². The van der Waals surface area contributed by atoms with Crippen LogP contribution in [0.15, 0.2) is 24.3 Å². The van der Waals surface area contributed by atoms with Gasteiger partial charge in [-0.25, -0.2) is 0 Å². The Bertz CT molecular complexity index is 401. The van der Waals surface area contributed by atoms with Gasteiger partial charge in [0, 0.05) is 18.7 Å². The van der Waals surface area contributed by atoms with E-state index in [4.69, 9.17) is 0 Å². The summed E-state index contributed by atoms with van der Waals surface area (Å²) in [5.74, 6) is 0.904. The number of nitrogens with zero attached hydrogens (tertiary/aromatic N) is 1. The summed E-state index contributed by atoms with van der Waals surface area (Å²) in [6.07, 6.45) is 1.19. The molecular formula is C14H20F2N2O. The number of halogens is 2. The fraction of sp³-hybridized carbons (Fsp3) is 0.571. The summed E-state index contributed by atoms with van der Waals surface area (Å²) < 4.78 is 29.0. The van der Waals surface area contributed by atoms with Gasteiger partial charge in [-0.1, -0.05) is 18.2 Å². The molecule has 0 bridgehead atoms. The molecule has 1 aliphatic heterocycles. The van der Waals surface area contributed by atoms with Gasteiger partial charge in [-0.3, -0.25) is 0 Å². The van der Waals surface area contributed by atoms with Gasteiger partial charge in [0.1, 0.15) is 5.75 Å². The Morgan fingerprint density at radius 3 is 2.89 bits per heavy atom. The summed E-state index contributed by atoms with van der Waals surface area (Å²) in [5, 5.41) is 3.33. The van der Waals surface area contributed by atoms with E-state index in [9.17, 15) is 8.78 Å². The van der Waals surface area contributed by atoms with Gasteiger partial charge in [-0.2, -0.15) is 8.78 Å². The van der Waals surface area contributed by atoms with Crippen molar-refractivity contribution in [1.82, 2.24) is 10.2 Å². The number of alkyl halides is 2. The molecule has 1 fully saturated rings. The molecule has 0 aromatic heterocycles. The van der Waals surface area contributed by atoms with Crippen molar-refractivity contribution in [3.05, 3.63) is 29.8 Å². The van der Waals surface area contributed by atoms with Crippen LogP contribution in [-0.4, -0.2) is 38.2 Å². The molecule has 1 aromatic rings. The normalized spacial score (nSPS) is 20.1. The molecule has 0 amide bonds. The van der Waals surface area contributed by atoms with E-state index in [1.807, 2.05) is 12.1 Å². The van der Waals surface area contributed by atoms with E-state index in [0.717, 1.165) is 25.2 Å². The van der Waals surface area contributed by atoms with Crippen LogP contribution in [0.3, 0.4) is 0 Å². The molecule has 1 heterocycles. The first-order valence-electron chi connectivity index (χ1n) is 6.57. The van der Waals surface area contributed by atoms with Crippen molar-refractivity contribution < 1.29 is 13.5 Å². The number of nitrogens with one attached hydrogen (secondary N) is 1. The van der Waals surface area contributed by atoms with Crippen molar-refractivity contribution in [2.45, 2.75) is 19.6 Å². The maximum atomic E-state index is 12.3. The summed E-state index contributed by atoms with van der Waals surface area (Å²) in [4.78, 5) is 2.31. The van der Waals surface area contributed by atoms with Crippen LogP contribution in [0.2, 0.25) is 0 Å². The Labute approximate surface area is 112 Å². The lowest BCUT2D eigenvalue weighted by molar-refractivity contribution is -0.0505. The zero-order valence-corrected chi connectivity index (χ0v) is 11.1. The van der Waals surface area contributed by atoms with E-state index < -0.39 is 6.61 Å². The van der Waals surface area contributed by atoms with Gasteiger partial charge < -0.3 is 15.0 Å². The number of hydrogen-bond acceptors (Lipinski definition) is 3. The highest BCUT2D eigenvalue weighted by atomic mass is 19.3. The smallest absolute Gasteiger partial charge is 0.387 e. The summed E-state index contributed by atoms with van der Waals surface area (Å²) in [7, 11) is 2.12. The van der Waals surface area contributed by atoms with Gasteiger partial charge in [0.05, 0.1) is 0 Å². The predicted octanol–water partition coefficient (Wildman–Crippen LogP) is 2.33. The van der Waals surface area contributed by atoms with E-state index in [1.54, 1.807) is 12.1 Å². The molecule has 2 rings (SSSR count). The monoisotopic (exact) mass is 270 g/mol. The number of para-hydroxylation sites is 1. The van der Waals surface area contributed by atoms with E-state index in [2.05, 4.69) is 22.0 Å². The lowest BCUT2D eigenvalue weighted by Gasteiger charge is -2.14. The number of benzene rings is 1. The first-order chi connectivity index (χ1) is 9.15. The molecule has 0 saturated carbocycles. The minimum atomic E-state index is -2.77. The average molecular weight is 270 g/mol. The van der Waals surface area contributed by atoms with Crippen molar-refractivity contribution in [2.24, 2.45) is 5.92 Å². The first-order valence-corrected chi connectivity index (χ1v) is 6.57. The van der Waals surface area contributed by atoms with Crippen LogP contribution in [-0.2, 0) is 6.54 Å². The third kappa shape index (κ3) is 4.44. The fourth-order valence-electron chi connectivity index (χ4n) is 2.46. The molecule has 5 heteroatoms. The molecule has 0 radical (unpaired) electrons. The standard InChI is InChI=1S/C14H20F2N2O/c1-18-7-6-11(10-18)8-17-9-12-4-2-3-5-13(12)19-14(15)16/h2-5,11,14,17H,6-10H2,1H3. The maximum absolute atomic E-state index is 12.3. The number of hydrogen-bond donors (Lipinski definition) is 1. The van der Waals surface area contributed by atoms with E-state index >= 15 is 0 Å². The summed E-state index contributed by atoms with van der Waals surface area (Å²) in [6.45, 7) is 0.931. The number of ether oxygens (including phenoxy) is 1. The molecule has 1 unspecified atom stereocenters. The van der Waals surface area contributed by atoms with E-state index in [1.165, 1.54) is 6.42 Å². The van der Waals surface area contributed by atoms with Crippen LogP contribution in [0, 0.1) is 5.92 Å². The highest BCUT2D eigenvalue weighted by Gasteiger charge is 2.18. The van der Waals surface area contributed by atoms with Crippen molar-refractivity contribution in [1.29, 1.82) is 0 Å². The highest BCUT2D eigenvalue weighted by Crippen LogP contribution is 2.20. The molecule has 3 nitrogen and oxygen atoms in total. The zero-order chi connectivity index (χ0) is 13.7. The molecule has 1 aliphatic rings. The average Bonchev–Trinajstić information content (AvgIpc) is 2.77. The minimum absolute atomic E-state index is 0.258. The van der Waals surface area contributed by atoms with Crippen LogP contribution in [0.5, 0.6) is 5.75 Å². The minimum Gasteiger partial charge on any atom is -0.434 e. The SMILES string of the molecule is CN1CCC(CNCc2ccccc2OC(F)F)C1. The second-order valence-corrected chi connectivity index (χ2v) is 5.03. The van der Waals surface area contributed by atoms with Crippen LogP contribution in [0.4, 0.5) is 8.78 Å². The summed E-state index contributed by atoms with van der Waals surface area (Å²) in [6, 6.07) is 6.92. The second-order valence-electron chi connectivity index (χ2n) is 5.03. The van der Waals surface area contributed by atoms with E-state index in [-0.39, 0.29) is 5.75 Å². The molecule has 106 valence electrons.